The average Bonchev–Trinajstić information content (AvgIpc) is 3.65. The van der Waals surface area contributed by atoms with Gasteiger partial charge < -0.3 is 25.4 Å². The summed E-state index contributed by atoms with van der Waals surface area (Å²) in [5, 5.41) is 13.9. The van der Waals surface area contributed by atoms with E-state index in [1.807, 2.05) is 11.0 Å². The summed E-state index contributed by atoms with van der Waals surface area (Å²) in [5.74, 6) is -0.887. The smallest absolute Gasteiger partial charge is 0.319 e. The van der Waals surface area contributed by atoms with Crippen LogP contribution >= 0.6 is 22.9 Å². The first-order valence-corrected chi connectivity index (χ1v) is 16.1. The average molecular weight is 656 g/mol. The number of hydrogen-bond donors (Lipinski definition) is 2. The fourth-order valence-corrected chi connectivity index (χ4v) is 8.82. The van der Waals surface area contributed by atoms with Gasteiger partial charge >= 0.3 is 6.01 Å². The number of nitrogens with zero attached hydrogens (tertiary/aromatic N) is 5. The molecule has 9 nitrogen and oxygen atoms in total. The summed E-state index contributed by atoms with van der Waals surface area (Å²) in [5.41, 5.74) is 5.44. The second kappa shape index (κ2) is 10.6. The summed E-state index contributed by atoms with van der Waals surface area (Å²) in [4.78, 5) is 13.4. The summed E-state index contributed by atoms with van der Waals surface area (Å²) in [6.45, 7) is 4.44. The van der Waals surface area contributed by atoms with Crippen LogP contribution in [0.2, 0.25) is 5.02 Å². The molecule has 2 atom stereocenters. The summed E-state index contributed by atoms with van der Waals surface area (Å²) in [6.07, 6.45) is 1.19. The Hall–Kier alpha value is -3.41. The Bertz CT molecular complexity index is 1900. The highest BCUT2D eigenvalue weighted by atomic mass is 35.5. The summed E-state index contributed by atoms with van der Waals surface area (Å²) < 4.78 is 58.5. The van der Waals surface area contributed by atoms with Gasteiger partial charge in [-0.3, -0.25) is 4.90 Å². The molecule has 14 heteroatoms. The standard InChI is InChI=1S/C31H29ClF3N7O2S/c32-20-8-18-25(24(35)23(20)17-2-3-21(34)26-22(17)19(10-36)27(37)45-26)39-29(43-15-30-4-1-6-42(30)11-16(33)9-30)40-28(18)41-13-31(14-41)12-38-5-7-44-31/h2-3,8,16,38H,1,4-7,9,11-15,37H2/t16-,30+/m1/s1. The van der Waals surface area contributed by atoms with E-state index in [1.54, 1.807) is 6.07 Å². The molecule has 4 saturated heterocycles. The maximum Gasteiger partial charge on any atom is 0.319 e. The van der Waals surface area contributed by atoms with Gasteiger partial charge in [0.05, 0.1) is 40.5 Å². The van der Waals surface area contributed by atoms with Crippen LogP contribution in [0.1, 0.15) is 24.8 Å². The van der Waals surface area contributed by atoms with Gasteiger partial charge in [-0.05, 0) is 37.1 Å². The van der Waals surface area contributed by atoms with E-state index in [-0.39, 0.29) is 60.5 Å². The van der Waals surface area contributed by atoms with Crippen molar-refractivity contribution in [2.24, 2.45) is 0 Å². The molecular weight excluding hydrogens is 627 g/mol. The number of nitriles is 1. The van der Waals surface area contributed by atoms with Crippen molar-refractivity contribution in [2.45, 2.75) is 36.6 Å². The largest absolute Gasteiger partial charge is 0.461 e. The number of anilines is 2. The first-order chi connectivity index (χ1) is 21.7. The predicted molar refractivity (Wildman–Crippen MR) is 167 cm³/mol. The van der Waals surface area contributed by atoms with E-state index >= 15 is 4.39 Å². The first kappa shape index (κ1) is 29.0. The van der Waals surface area contributed by atoms with Gasteiger partial charge in [-0.1, -0.05) is 17.7 Å². The number of halogens is 4. The number of ether oxygens (including phenoxy) is 2. The molecule has 0 amide bonds. The van der Waals surface area contributed by atoms with Crippen LogP contribution in [-0.4, -0.2) is 84.7 Å². The van der Waals surface area contributed by atoms with Crippen molar-refractivity contribution in [3.63, 3.8) is 0 Å². The van der Waals surface area contributed by atoms with E-state index < -0.39 is 23.3 Å². The Balaban J connectivity index is 1.26. The number of fused-ring (bicyclic) bond motifs is 3. The van der Waals surface area contributed by atoms with Gasteiger partial charge in [0, 0.05) is 42.4 Å². The van der Waals surface area contributed by atoms with E-state index in [1.165, 1.54) is 12.1 Å². The van der Waals surface area contributed by atoms with Gasteiger partial charge in [0.15, 0.2) is 5.82 Å². The van der Waals surface area contributed by atoms with Crippen molar-refractivity contribution in [1.82, 2.24) is 20.2 Å². The lowest BCUT2D eigenvalue weighted by atomic mass is 9.92. The third kappa shape index (κ3) is 4.52. The first-order valence-electron chi connectivity index (χ1n) is 14.9. The third-order valence-electron chi connectivity index (χ3n) is 9.66. The number of benzene rings is 2. The maximum atomic E-state index is 16.8. The van der Waals surface area contributed by atoms with Crippen molar-refractivity contribution in [2.75, 3.05) is 63.1 Å². The van der Waals surface area contributed by atoms with Crippen LogP contribution in [0.25, 0.3) is 32.1 Å². The Morgan fingerprint density at radius 3 is 2.91 bits per heavy atom. The molecule has 3 N–H and O–H groups in total. The van der Waals surface area contributed by atoms with Crippen molar-refractivity contribution >= 4 is 54.7 Å². The number of alkyl halides is 1. The maximum absolute atomic E-state index is 16.8. The lowest BCUT2D eigenvalue weighted by Gasteiger charge is -2.52. The van der Waals surface area contributed by atoms with Crippen LogP contribution in [0.15, 0.2) is 18.2 Å². The van der Waals surface area contributed by atoms with Crippen molar-refractivity contribution in [3.8, 4) is 23.2 Å². The lowest BCUT2D eigenvalue weighted by Crippen LogP contribution is -2.70. The SMILES string of the molecule is N#Cc1c(N)sc2c(F)ccc(-c3c(Cl)cc4c(N5CC6(CNCCO6)C5)nc(OC[C@@]56CCCN5C[C@H](F)C6)nc4c3F)c12. The number of thiophene rings is 1. The van der Waals surface area contributed by atoms with Crippen LogP contribution < -0.4 is 20.7 Å². The lowest BCUT2D eigenvalue weighted by molar-refractivity contribution is -0.0830. The van der Waals surface area contributed by atoms with Crippen LogP contribution in [-0.2, 0) is 4.74 Å². The number of nitrogen functional groups attached to an aromatic ring is 1. The molecule has 2 aromatic heterocycles. The Labute approximate surface area is 265 Å². The fraction of sp³-hybridized carbons (Fsp3) is 0.452. The van der Waals surface area contributed by atoms with E-state index in [2.05, 4.69) is 15.2 Å². The van der Waals surface area contributed by atoms with Crippen LogP contribution in [0.5, 0.6) is 6.01 Å². The Kier molecular flexibility index (Phi) is 6.82. The molecule has 0 bridgehead atoms. The van der Waals surface area contributed by atoms with Gasteiger partial charge in [-0.2, -0.15) is 15.2 Å². The molecule has 8 rings (SSSR count). The van der Waals surface area contributed by atoms with Crippen LogP contribution in [0, 0.1) is 23.0 Å². The molecule has 0 radical (unpaired) electrons. The summed E-state index contributed by atoms with van der Waals surface area (Å²) in [7, 11) is 0. The van der Waals surface area contributed by atoms with E-state index in [9.17, 15) is 14.0 Å². The molecule has 4 aliphatic rings. The van der Waals surface area contributed by atoms with Crippen LogP contribution in [0.3, 0.4) is 0 Å². The van der Waals surface area contributed by atoms with Crippen molar-refractivity contribution < 1.29 is 22.6 Å². The topological polar surface area (TPSA) is 113 Å². The molecule has 234 valence electrons. The molecule has 0 unspecified atom stereocenters. The number of aromatic nitrogens is 2. The zero-order valence-corrected chi connectivity index (χ0v) is 25.7. The van der Waals surface area contributed by atoms with E-state index in [4.69, 9.17) is 31.8 Å². The normalized spacial score (nSPS) is 24.3. The quantitative estimate of drug-likeness (QED) is 0.306. The zero-order valence-electron chi connectivity index (χ0n) is 24.1. The van der Waals surface area contributed by atoms with Crippen LogP contribution in [0.4, 0.5) is 24.0 Å². The molecule has 4 aromatic rings. The molecule has 45 heavy (non-hydrogen) atoms. The minimum absolute atomic E-state index is 0.0291. The van der Waals surface area contributed by atoms with Crippen molar-refractivity contribution in [3.05, 3.63) is 40.4 Å². The third-order valence-corrected chi connectivity index (χ3v) is 11.0. The number of nitrogens with two attached hydrogens (primary N) is 1. The van der Waals surface area contributed by atoms with Gasteiger partial charge in [0.1, 0.15) is 46.6 Å². The zero-order chi connectivity index (χ0) is 31.1. The minimum Gasteiger partial charge on any atom is -0.461 e. The molecule has 4 fully saturated rings. The monoisotopic (exact) mass is 655 g/mol. The second-order valence-electron chi connectivity index (χ2n) is 12.5. The minimum atomic E-state index is -0.928. The number of rotatable bonds is 5. The number of hydrogen-bond acceptors (Lipinski definition) is 10. The molecule has 6 heterocycles. The number of morpholine rings is 1. The highest BCUT2D eigenvalue weighted by Crippen LogP contribution is 2.47. The second-order valence-corrected chi connectivity index (χ2v) is 13.9. The Morgan fingerprint density at radius 1 is 1.29 bits per heavy atom. The number of nitrogens with one attached hydrogen (secondary N) is 1. The van der Waals surface area contributed by atoms with Gasteiger partial charge in [0.2, 0.25) is 0 Å². The highest BCUT2D eigenvalue weighted by Gasteiger charge is 2.50. The fourth-order valence-electron chi connectivity index (χ4n) is 7.58. The molecule has 0 saturated carbocycles. The van der Waals surface area contributed by atoms with E-state index in [0.717, 1.165) is 37.3 Å². The Morgan fingerprint density at radius 2 is 2.13 bits per heavy atom. The molecular formula is C31H29ClF3N7O2S. The molecule has 2 aromatic carbocycles. The highest BCUT2D eigenvalue weighted by molar-refractivity contribution is 7.23. The van der Waals surface area contributed by atoms with Gasteiger partial charge in [0.25, 0.3) is 0 Å². The summed E-state index contributed by atoms with van der Waals surface area (Å²) >= 11 is 7.73. The van der Waals surface area contributed by atoms with Gasteiger partial charge in [-0.25, -0.2) is 13.2 Å². The predicted octanol–water partition coefficient (Wildman–Crippen LogP) is 5.03. The molecule has 0 aliphatic carbocycles. The molecule has 1 spiro atoms. The van der Waals surface area contributed by atoms with Crippen molar-refractivity contribution in [1.29, 1.82) is 5.26 Å². The van der Waals surface area contributed by atoms with E-state index in [0.29, 0.717) is 50.4 Å². The molecule has 4 aliphatic heterocycles. The summed E-state index contributed by atoms with van der Waals surface area (Å²) in [6, 6.07) is 6.20. The van der Waals surface area contributed by atoms with Gasteiger partial charge in [-0.15, -0.1) is 11.3 Å².